The molecular weight excluding hydrogens is 380 g/mol. The molecule has 0 saturated heterocycles. The van der Waals surface area contributed by atoms with Crippen molar-refractivity contribution in [3.05, 3.63) is 0 Å². The zero-order chi connectivity index (χ0) is 20.7. The van der Waals surface area contributed by atoms with E-state index < -0.39 is 0 Å². The highest BCUT2D eigenvalue weighted by Gasteiger charge is 2.11. The normalized spacial score (nSPS) is 11.8. The zero-order valence-electron chi connectivity index (χ0n) is 19.9. The molecule has 0 unspecified atom stereocenters. The van der Waals surface area contributed by atoms with Gasteiger partial charge in [0.15, 0.2) is 0 Å². The fourth-order valence-corrected chi connectivity index (χ4v) is 5.79. The van der Waals surface area contributed by atoms with Gasteiger partial charge in [0.1, 0.15) is 0 Å². The van der Waals surface area contributed by atoms with Crippen molar-refractivity contribution in [2.24, 2.45) is 0 Å². The molecule has 0 aliphatic carbocycles. The molecule has 170 valence electrons. The lowest BCUT2D eigenvalue weighted by molar-refractivity contribution is 0.424. The van der Waals surface area contributed by atoms with E-state index in [2.05, 4.69) is 36.3 Å². The molecule has 2 nitrogen and oxygen atoms in total. The highest BCUT2D eigenvalue weighted by molar-refractivity contribution is 8.74. The van der Waals surface area contributed by atoms with E-state index in [0.29, 0.717) is 0 Å². The van der Waals surface area contributed by atoms with Crippen LogP contribution in [0.3, 0.4) is 0 Å². The summed E-state index contributed by atoms with van der Waals surface area (Å²) in [6.07, 6.45) is 21.9. The quantitative estimate of drug-likeness (QED) is 0.0901. The first kappa shape index (κ1) is 28.6. The fourth-order valence-electron chi connectivity index (χ4n) is 3.33. The van der Waals surface area contributed by atoms with E-state index in [1.165, 1.54) is 129 Å². The summed E-state index contributed by atoms with van der Waals surface area (Å²) >= 11 is 0. The summed E-state index contributed by atoms with van der Waals surface area (Å²) in [6, 6.07) is 0. The van der Waals surface area contributed by atoms with Gasteiger partial charge in [-0.2, -0.15) is 0 Å². The monoisotopic (exact) mass is 432 g/mol. The van der Waals surface area contributed by atoms with Gasteiger partial charge in [0.25, 0.3) is 0 Å². The minimum absolute atomic E-state index is 1.27. The first-order chi connectivity index (χ1) is 13.8. The molecule has 0 radical (unpaired) electrons. The van der Waals surface area contributed by atoms with Gasteiger partial charge in [0, 0.05) is 48.1 Å². The first-order valence-electron chi connectivity index (χ1n) is 12.6. The van der Waals surface area contributed by atoms with Gasteiger partial charge in [-0.25, -0.2) is 8.61 Å². The molecule has 4 heteroatoms. The summed E-state index contributed by atoms with van der Waals surface area (Å²) in [5.74, 6) is 0. The molecule has 0 bridgehead atoms. The Kier molecular flexibility index (Phi) is 24.4. The molecule has 0 amide bonds. The molecule has 0 aromatic carbocycles. The van der Waals surface area contributed by atoms with Crippen LogP contribution in [0.1, 0.15) is 130 Å². The van der Waals surface area contributed by atoms with Gasteiger partial charge in [0.05, 0.1) is 0 Å². The summed E-state index contributed by atoms with van der Waals surface area (Å²) in [7, 11) is 4.10. The zero-order valence-corrected chi connectivity index (χ0v) is 21.5. The highest BCUT2D eigenvalue weighted by atomic mass is 33.1. The minimum atomic E-state index is 1.27. The van der Waals surface area contributed by atoms with Crippen molar-refractivity contribution < 1.29 is 0 Å². The Labute approximate surface area is 187 Å². The van der Waals surface area contributed by atoms with Gasteiger partial charge in [-0.05, 0) is 25.7 Å². The van der Waals surface area contributed by atoms with Crippen molar-refractivity contribution in [2.75, 3.05) is 26.2 Å². The molecule has 0 spiro atoms. The fraction of sp³-hybridized carbons (Fsp3) is 1.00. The minimum Gasteiger partial charge on any atom is -0.240 e. The molecule has 0 atom stereocenters. The van der Waals surface area contributed by atoms with Crippen LogP contribution in [-0.4, -0.2) is 34.8 Å². The third-order valence-corrected chi connectivity index (χ3v) is 7.97. The number of nitrogens with zero attached hydrogens (tertiary/aromatic N) is 2. The number of unbranched alkanes of at least 4 members (excludes halogenated alkanes) is 12. The second-order valence-corrected chi connectivity index (χ2v) is 10.5. The predicted molar refractivity (Wildman–Crippen MR) is 135 cm³/mol. The standard InChI is InChI=1S/C24H52N2S2/c1-5-9-13-17-21-25(22-18-14-10-6-2)27-28-26(23-19-15-11-7-3)24-20-16-12-8-4/h5-24H2,1-4H3. The summed E-state index contributed by atoms with van der Waals surface area (Å²) < 4.78 is 5.34. The third kappa shape index (κ3) is 19.9. The largest absolute Gasteiger partial charge is 0.240 e. The number of rotatable bonds is 23. The van der Waals surface area contributed by atoms with Crippen molar-refractivity contribution in [1.29, 1.82) is 0 Å². The van der Waals surface area contributed by atoms with Crippen molar-refractivity contribution in [3.8, 4) is 0 Å². The smallest absolute Gasteiger partial charge is 0.00976 e. The molecular formula is C24H52N2S2. The van der Waals surface area contributed by atoms with Crippen molar-refractivity contribution in [2.45, 2.75) is 130 Å². The molecule has 0 heterocycles. The topological polar surface area (TPSA) is 6.48 Å². The van der Waals surface area contributed by atoms with Gasteiger partial charge in [0.2, 0.25) is 0 Å². The molecule has 0 N–H and O–H groups in total. The van der Waals surface area contributed by atoms with Crippen LogP contribution in [0.5, 0.6) is 0 Å². The Bertz CT molecular complexity index is 238. The molecule has 28 heavy (non-hydrogen) atoms. The van der Waals surface area contributed by atoms with Gasteiger partial charge in [-0.15, -0.1) is 0 Å². The summed E-state index contributed by atoms with van der Waals surface area (Å²) in [5, 5.41) is 0. The number of hydrogen-bond acceptors (Lipinski definition) is 4. The van der Waals surface area contributed by atoms with Crippen LogP contribution in [0.25, 0.3) is 0 Å². The van der Waals surface area contributed by atoms with E-state index in [9.17, 15) is 0 Å². The van der Waals surface area contributed by atoms with E-state index in [4.69, 9.17) is 0 Å². The van der Waals surface area contributed by atoms with Crippen LogP contribution >= 0.6 is 22.0 Å². The maximum absolute atomic E-state index is 2.67. The van der Waals surface area contributed by atoms with Gasteiger partial charge < -0.3 is 0 Å². The molecule has 0 rings (SSSR count). The summed E-state index contributed by atoms with van der Waals surface area (Å²) in [5.41, 5.74) is 0. The lowest BCUT2D eigenvalue weighted by Crippen LogP contribution is -2.22. The Hall–Kier alpha value is 0.620. The average Bonchev–Trinajstić information content (AvgIpc) is 2.71. The molecule has 0 fully saturated rings. The van der Waals surface area contributed by atoms with Crippen LogP contribution in [0.2, 0.25) is 0 Å². The second-order valence-electron chi connectivity index (χ2n) is 8.25. The SMILES string of the molecule is CCCCCCN(CCCCCC)SSN(CCCCCC)CCCCCC. The van der Waals surface area contributed by atoms with Crippen LogP contribution in [0, 0.1) is 0 Å². The van der Waals surface area contributed by atoms with Crippen molar-refractivity contribution in [3.63, 3.8) is 0 Å². The van der Waals surface area contributed by atoms with Gasteiger partial charge in [-0.1, -0.05) is 105 Å². The van der Waals surface area contributed by atoms with Gasteiger partial charge in [-0.3, -0.25) is 0 Å². The second kappa shape index (κ2) is 23.9. The Balaban J connectivity index is 4.33. The highest BCUT2D eigenvalue weighted by Crippen LogP contribution is 2.31. The maximum atomic E-state index is 2.67. The first-order valence-corrected chi connectivity index (χ1v) is 14.7. The molecule has 0 aliphatic heterocycles. The van der Waals surface area contributed by atoms with E-state index in [-0.39, 0.29) is 0 Å². The van der Waals surface area contributed by atoms with Crippen LogP contribution in [-0.2, 0) is 0 Å². The Morgan fingerprint density at radius 1 is 0.357 bits per heavy atom. The van der Waals surface area contributed by atoms with Crippen molar-refractivity contribution in [1.82, 2.24) is 8.61 Å². The van der Waals surface area contributed by atoms with E-state index in [0.717, 1.165) is 0 Å². The van der Waals surface area contributed by atoms with E-state index in [1.807, 2.05) is 22.0 Å². The van der Waals surface area contributed by atoms with Gasteiger partial charge >= 0.3 is 0 Å². The van der Waals surface area contributed by atoms with E-state index >= 15 is 0 Å². The molecule has 0 aromatic heterocycles. The third-order valence-electron chi connectivity index (χ3n) is 5.29. The maximum Gasteiger partial charge on any atom is 0.00976 e. The average molecular weight is 433 g/mol. The Morgan fingerprint density at radius 2 is 0.607 bits per heavy atom. The van der Waals surface area contributed by atoms with Crippen LogP contribution in [0.4, 0.5) is 0 Å². The predicted octanol–water partition coefficient (Wildman–Crippen LogP) is 9.12. The van der Waals surface area contributed by atoms with Crippen LogP contribution < -0.4 is 0 Å². The Morgan fingerprint density at radius 3 is 0.821 bits per heavy atom. The van der Waals surface area contributed by atoms with E-state index in [1.54, 1.807) is 0 Å². The lowest BCUT2D eigenvalue weighted by atomic mass is 10.2. The molecule has 0 aliphatic rings. The summed E-state index contributed by atoms with van der Waals surface area (Å²) in [6.45, 7) is 14.3. The molecule has 0 aromatic rings. The van der Waals surface area contributed by atoms with Crippen LogP contribution in [0.15, 0.2) is 0 Å². The lowest BCUT2D eigenvalue weighted by Gasteiger charge is -2.25. The number of hydrogen-bond donors (Lipinski definition) is 0. The summed E-state index contributed by atoms with van der Waals surface area (Å²) in [4.78, 5) is 0. The van der Waals surface area contributed by atoms with Crippen molar-refractivity contribution >= 4 is 22.0 Å². The molecule has 0 saturated carbocycles.